The van der Waals surface area contributed by atoms with E-state index in [0.29, 0.717) is 6.54 Å². The summed E-state index contributed by atoms with van der Waals surface area (Å²) in [5.74, 6) is 0. The van der Waals surface area contributed by atoms with Crippen molar-refractivity contribution >= 4 is 34.4 Å². The lowest BCUT2D eigenvalue weighted by atomic mass is 10.2. The molecule has 1 amide bonds. The highest BCUT2D eigenvalue weighted by Crippen LogP contribution is 2.13. The maximum Gasteiger partial charge on any atom is 0.407 e. The number of hydrogen-bond acceptors (Lipinski definition) is 3. The Labute approximate surface area is 128 Å². The van der Waals surface area contributed by atoms with Gasteiger partial charge in [0.1, 0.15) is 5.60 Å². The van der Waals surface area contributed by atoms with E-state index in [0.717, 1.165) is 5.69 Å². The normalized spacial score (nSPS) is 12.7. The number of carbonyl (C=O) groups is 1. The number of ether oxygens (including phenoxy) is 1. The van der Waals surface area contributed by atoms with E-state index in [1.807, 2.05) is 45.9 Å². The van der Waals surface area contributed by atoms with Crippen molar-refractivity contribution in [2.45, 2.75) is 39.3 Å². The van der Waals surface area contributed by atoms with Gasteiger partial charge in [0, 0.05) is 21.8 Å². The van der Waals surface area contributed by atoms with Gasteiger partial charge in [0.15, 0.2) is 0 Å². The van der Waals surface area contributed by atoms with Crippen LogP contribution in [0.3, 0.4) is 0 Å². The van der Waals surface area contributed by atoms with Gasteiger partial charge in [0.05, 0.1) is 0 Å². The van der Waals surface area contributed by atoms with Crippen molar-refractivity contribution in [3.63, 3.8) is 0 Å². The molecule has 1 unspecified atom stereocenters. The van der Waals surface area contributed by atoms with Gasteiger partial charge in [0.2, 0.25) is 0 Å². The van der Waals surface area contributed by atoms with Gasteiger partial charge in [-0.2, -0.15) is 0 Å². The third-order valence-corrected chi connectivity index (χ3v) is 2.86. The van der Waals surface area contributed by atoms with Crippen LogP contribution in [0.25, 0.3) is 0 Å². The highest BCUT2D eigenvalue weighted by atomic mass is 127. The summed E-state index contributed by atoms with van der Waals surface area (Å²) in [4.78, 5) is 11.5. The number of benzene rings is 1. The molecule has 1 aromatic carbocycles. The Morgan fingerprint density at radius 3 is 2.68 bits per heavy atom. The maximum atomic E-state index is 11.5. The van der Waals surface area contributed by atoms with Crippen LogP contribution in [0.2, 0.25) is 0 Å². The number of alkyl carbamates (subject to hydrolysis) is 1. The summed E-state index contributed by atoms with van der Waals surface area (Å²) < 4.78 is 6.35. The van der Waals surface area contributed by atoms with Crippen molar-refractivity contribution in [3.05, 3.63) is 27.8 Å². The minimum Gasteiger partial charge on any atom is -0.444 e. The second kappa shape index (κ2) is 6.98. The molecule has 2 N–H and O–H groups in total. The van der Waals surface area contributed by atoms with E-state index < -0.39 is 5.60 Å². The van der Waals surface area contributed by atoms with Crippen LogP contribution < -0.4 is 10.6 Å². The van der Waals surface area contributed by atoms with Gasteiger partial charge in [-0.25, -0.2) is 4.79 Å². The number of anilines is 1. The van der Waals surface area contributed by atoms with Crippen LogP contribution in [0.15, 0.2) is 24.3 Å². The van der Waals surface area contributed by atoms with Crippen LogP contribution in [0.1, 0.15) is 27.7 Å². The van der Waals surface area contributed by atoms with Gasteiger partial charge in [-0.15, -0.1) is 0 Å². The molecule has 0 radical (unpaired) electrons. The average Bonchev–Trinajstić information content (AvgIpc) is 2.24. The number of halogens is 1. The molecule has 0 saturated carbocycles. The third-order valence-electron chi connectivity index (χ3n) is 2.19. The van der Waals surface area contributed by atoms with Crippen LogP contribution in [-0.2, 0) is 4.74 Å². The summed E-state index contributed by atoms with van der Waals surface area (Å²) in [6, 6.07) is 8.23. The van der Waals surface area contributed by atoms with Gasteiger partial charge in [-0.1, -0.05) is 6.07 Å². The van der Waals surface area contributed by atoms with Crippen molar-refractivity contribution in [2.24, 2.45) is 0 Å². The van der Waals surface area contributed by atoms with Crippen molar-refractivity contribution in [1.82, 2.24) is 5.32 Å². The largest absolute Gasteiger partial charge is 0.444 e. The third kappa shape index (κ3) is 7.25. The lowest BCUT2D eigenvalue weighted by molar-refractivity contribution is 0.0526. The quantitative estimate of drug-likeness (QED) is 0.790. The van der Waals surface area contributed by atoms with E-state index in [1.54, 1.807) is 0 Å². The number of rotatable bonds is 4. The maximum absolute atomic E-state index is 11.5. The molecule has 1 atom stereocenters. The fourth-order valence-corrected chi connectivity index (χ4v) is 2.01. The molecule has 106 valence electrons. The Kier molecular flexibility index (Phi) is 5.90. The van der Waals surface area contributed by atoms with Gasteiger partial charge in [-0.05, 0) is 68.5 Å². The zero-order valence-corrected chi connectivity index (χ0v) is 13.9. The molecular weight excluding hydrogens is 355 g/mol. The molecule has 5 heteroatoms. The molecule has 0 heterocycles. The Morgan fingerprint density at radius 2 is 2.11 bits per heavy atom. The Balaban J connectivity index is 2.36. The molecule has 1 rings (SSSR count). The second-order valence-electron chi connectivity index (χ2n) is 5.44. The molecule has 0 aromatic heterocycles. The van der Waals surface area contributed by atoms with Crippen LogP contribution >= 0.6 is 22.6 Å². The SMILES string of the molecule is CC(CNC(=O)OC(C)(C)C)Nc1cccc(I)c1. The first-order chi connectivity index (χ1) is 8.76. The van der Waals surface area contributed by atoms with Crippen molar-refractivity contribution in [1.29, 1.82) is 0 Å². The van der Waals surface area contributed by atoms with Gasteiger partial charge >= 0.3 is 6.09 Å². The topological polar surface area (TPSA) is 50.4 Å². The van der Waals surface area contributed by atoms with E-state index in [4.69, 9.17) is 4.74 Å². The molecule has 0 bridgehead atoms. The van der Waals surface area contributed by atoms with Crippen LogP contribution in [0.5, 0.6) is 0 Å². The minimum absolute atomic E-state index is 0.130. The van der Waals surface area contributed by atoms with E-state index in [-0.39, 0.29) is 12.1 Å². The Morgan fingerprint density at radius 1 is 1.42 bits per heavy atom. The number of nitrogens with one attached hydrogen (secondary N) is 2. The van der Waals surface area contributed by atoms with Crippen LogP contribution in [0, 0.1) is 3.57 Å². The standard InChI is InChI=1S/C14H21IN2O2/c1-10(9-16-13(18)19-14(2,3)4)17-12-7-5-6-11(15)8-12/h5-8,10,17H,9H2,1-4H3,(H,16,18). The van der Waals surface area contributed by atoms with E-state index in [2.05, 4.69) is 39.3 Å². The molecule has 0 aliphatic carbocycles. The molecule has 0 fully saturated rings. The zero-order chi connectivity index (χ0) is 14.5. The van der Waals surface area contributed by atoms with Crippen LogP contribution in [0.4, 0.5) is 10.5 Å². The lowest BCUT2D eigenvalue weighted by Gasteiger charge is -2.21. The number of carbonyl (C=O) groups excluding carboxylic acids is 1. The molecule has 0 aliphatic heterocycles. The molecule has 19 heavy (non-hydrogen) atoms. The fourth-order valence-electron chi connectivity index (χ4n) is 1.46. The highest BCUT2D eigenvalue weighted by molar-refractivity contribution is 14.1. The van der Waals surface area contributed by atoms with Crippen LogP contribution in [-0.4, -0.2) is 24.3 Å². The number of hydrogen-bond donors (Lipinski definition) is 2. The molecule has 0 aliphatic rings. The first-order valence-electron chi connectivity index (χ1n) is 6.25. The summed E-state index contributed by atoms with van der Waals surface area (Å²) in [6.07, 6.45) is -0.385. The molecule has 1 aromatic rings. The molecule has 0 spiro atoms. The van der Waals surface area contributed by atoms with E-state index in [9.17, 15) is 4.79 Å². The summed E-state index contributed by atoms with van der Waals surface area (Å²) in [5.41, 5.74) is 0.585. The Bertz CT molecular complexity index is 430. The van der Waals surface area contributed by atoms with Crippen molar-refractivity contribution in [3.8, 4) is 0 Å². The van der Waals surface area contributed by atoms with E-state index >= 15 is 0 Å². The van der Waals surface area contributed by atoms with Gasteiger partial charge < -0.3 is 15.4 Å². The molecule has 0 saturated heterocycles. The monoisotopic (exact) mass is 376 g/mol. The summed E-state index contributed by atoms with van der Waals surface area (Å²) in [5, 5.41) is 6.07. The van der Waals surface area contributed by atoms with Crippen molar-refractivity contribution < 1.29 is 9.53 Å². The zero-order valence-electron chi connectivity index (χ0n) is 11.8. The summed E-state index contributed by atoms with van der Waals surface area (Å²) in [7, 11) is 0. The predicted molar refractivity (Wildman–Crippen MR) is 86.5 cm³/mol. The molecular formula is C14H21IN2O2. The first kappa shape index (κ1) is 16.1. The van der Waals surface area contributed by atoms with E-state index in [1.165, 1.54) is 3.57 Å². The molecule has 4 nitrogen and oxygen atoms in total. The number of amides is 1. The average molecular weight is 376 g/mol. The fraction of sp³-hybridized carbons (Fsp3) is 0.500. The Hall–Kier alpha value is -0.980. The summed E-state index contributed by atoms with van der Waals surface area (Å²) in [6.45, 7) is 8.07. The highest BCUT2D eigenvalue weighted by Gasteiger charge is 2.16. The van der Waals surface area contributed by atoms with Crippen molar-refractivity contribution in [2.75, 3.05) is 11.9 Å². The van der Waals surface area contributed by atoms with Gasteiger partial charge in [0.25, 0.3) is 0 Å². The summed E-state index contributed by atoms with van der Waals surface area (Å²) >= 11 is 2.27. The lowest BCUT2D eigenvalue weighted by Crippen LogP contribution is -2.38. The second-order valence-corrected chi connectivity index (χ2v) is 6.68. The minimum atomic E-state index is -0.462. The first-order valence-corrected chi connectivity index (χ1v) is 7.33. The van der Waals surface area contributed by atoms with Gasteiger partial charge in [-0.3, -0.25) is 0 Å². The predicted octanol–water partition coefficient (Wildman–Crippen LogP) is 3.62. The smallest absolute Gasteiger partial charge is 0.407 e.